The van der Waals surface area contributed by atoms with Crippen LogP contribution in [0, 0.1) is 0 Å². The Kier molecular flexibility index (Phi) is 9.04. The Bertz CT molecular complexity index is 627. The third kappa shape index (κ3) is 7.24. The summed E-state index contributed by atoms with van der Waals surface area (Å²) in [6, 6.07) is 0. The summed E-state index contributed by atoms with van der Waals surface area (Å²) in [5.41, 5.74) is 0. The molecular formula is C20H30O10. The summed E-state index contributed by atoms with van der Waals surface area (Å²) in [5, 5.41) is 0. The number of carbonyl (C=O) groups excluding carboxylic acids is 4. The van der Waals surface area contributed by atoms with Gasteiger partial charge in [0.25, 0.3) is 0 Å². The van der Waals surface area contributed by atoms with Crippen LogP contribution >= 0.6 is 0 Å². The predicted molar refractivity (Wildman–Crippen MR) is 99.9 cm³/mol. The van der Waals surface area contributed by atoms with Gasteiger partial charge in [-0.05, 0) is 12.8 Å². The van der Waals surface area contributed by atoms with Gasteiger partial charge in [0, 0.05) is 27.7 Å². The van der Waals surface area contributed by atoms with Crippen LogP contribution in [-0.2, 0) is 47.6 Å². The van der Waals surface area contributed by atoms with Gasteiger partial charge in [-0.3, -0.25) is 19.2 Å². The highest BCUT2D eigenvalue weighted by Crippen LogP contribution is 2.32. The third-order valence-electron chi connectivity index (χ3n) is 4.83. The van der Waals surface area contributed by atoms with Crippen molar-refractivity contribution >= 4 is 23.9 Å². The van der Waals surface area contributed by atoms with E-state index in [1.54, 1.807) is 0 Å². The molecule has 170 valence electrons. The van der Waals surface area contributed by atoms with Crippen LogP contribution in [-0.4, -0.2) is 67.3 Å². The van der Waals surface area contributed by atoms with E-state index in [2.05, 4.69) is 0 Å². The van der Waals surface area contributed by atoms with Gasteiger partial charge >= 0.3 is 23.9 Å². The molecule has 0 bridgehead atoms. The summed E-state index contributed by atoms with van der Waals surface area (Å²) < 4.78 is 33.1. The molecule has 1 saturated heterocycles. The zero-order valence-corrected chi connectivity index (χ0v) is 17.8. The van der Waals surface area contributed by atoms with E-state index < -0.39 is 54.6 Å². The largest absolute Gasteiger partial charge is 0.463 e. The Balaban J connectivity index is 2.34. The van der Waals surface area contributed by atoms with Gasteiger partial charge in [0.05, 0.1) is 6.10 Å². The Morgan fingerprint density at radius 3 is 1.80 bits per heavy atom. The molecule has 0 aromatic rings. The minimum absolute atomic E-state index is 0.126. The van der Waals surface area contributed by atoms with Crippen molar-refractivity contribution in [2.24, 2.45) is 0 Å². The molecule has 10 nitrogen and oxygen atoms in total. The molecule has 1 aliphatic carbocycles. The maximum absolute atomic E-state index is 11.8. The van der Waals surface area contributed by atoms with Crippen LogP contribution in [0.2, 0.25) is 0 Å². The van der Waals surface area contributed by atoms with Gasteiger partial charge in [-0.1, -0.05) is 19.3 Å². The van der Waals surface area contributed by atoms with Gasteiger partial charge in [0.2, 0.25) is 0 Å². The lowest BCUT2D eigenvalue weighted by atomic mass is 9.96. The summed E-state index contributed by atoms with van der Waals surface area (Å²) in [7, 11) is 0. The van der Waals surface area contributed by atoms with E-state index in [1.165, 1.54) is 27.7 Å². The van der Waals surface area contributed by atoms with Crippen LogP contribution in [0.3, 0.4) is 0 Å². The van der Waals surface area contributed by atoms with Crippen LogP contribution in [0.5, 0.6) is 0 Å². The lowest BCUT2D eigenvalue weighted by Gasteiger charge is -2.45. The first-order chi connectivity index (χ1) is 14.2. The number of rotatable bonds is 7. The average molecular weight is 430 g/mol. The van der Waals surface area contributed by atoms with Crippen molar-refractivity contribution in [3.63, 3.8) is 0 Å². The van der Waals surface area contributed by atoms with Crippen molar-refractivity contribution in [2.45, 2.75) is 96.6 Å². The minimum atomic E-state index is -1.20. The maximum Gasteiger partial charge on any atom is 0.303 e. The van der Waals surface area contributed by atoms with Crippen molar-refractivity contribution in [1.29, 1.82) is 0 Å². The van der Waals surface area contributed by atoms with E-state index in [0.717, 1.165) is 32.1 Å². The summed E-state index contributed by atoms with van der Waals surface area (Å²) in [4.78, 5) is 46.5. The van der Waals surface area contributed by atoms with Crippen molar-refractivity contribution in [2.75, 3.05) is 6.61 Å². The number of hydrogen-bond donors (Lipinski definition) is 0. The fraction of sp³-hybridized carbons (Fsp3) is 0.800. The lowest BCUT2D eigenvalue weighted by molar-refractivity contribution is -0.318. The molecule has 0 aromatic heterocycles. The highest BCUT2D eigenvalue weighted by atomic mass is 16.7. The summed E-state index contributed by atoms with van der Waals surface area (Å²) >= 11 is 0. The summed E-state index contributed by atoms with van der Waals surface area (Å²) in [5.74, 6) is -2.53. The molecule has 10 heteroatoms. The Morgan fingerprint density at radius 1 is 0.733 bits per heavy atom. The summed E-state index contributed by atoms with van der Waals surface area (Å²) in [6.45, 7) is 4.53. The molecule has 0 radical (unpaired) electrons. The smallest absolute Gasteiger partial charge is 0.303 e. The third-order valence-corrected chi connectivity index (χ3v) is 4.83. The number of ether oxygens (including phenoxy) is 6. The van der Waals surface area contributed by atoms with Gasteiger partial charge in [0.15, 0.2) is 24.6 Å². The molecular weight excluding hydrogens is 400 g/mol. The van der Waals surface area contributed by atoms with Crippen LogP contribution < -0.4 is 0 Å². The molecule has 2 rings (SSSR count). The second-order valence-electron chi connectivity index (χ2n) is 7.46. The normalized spacial score (nSPS) is 29.5. The predicted octanol–water partition coefficient (Wildman–Crippen LogP) is 1.42. The SMILES string of the molecule is CC(=O)OC[C@H]1O[C@@H](OC2CCCCC2)[C@H](OC(C)=O)[C@@H](OC(C)=O)[C@H]1OC(C)=O. The molecule has 0 unspecified atom stereocenters. The summed E-state index contributed by atoms with van der Waals surface area (Å²) in [6.07, 6.45) is -0.995. The quantitative estimate of drug-likeness (QED) is 0.432. The van der Waals surface area contributed by atoms with E-state index in [4.69, 9.17) is 28.4 Å². The second-order valence-corrected chi connectivity index (χ2v) is 7.46. The molecule has 2 aliphatic rings. The first-order valence-corrected chi connectivity index (χ1v) is 10.1. The zero-order valence-electron chi connectivity index (χ0n) is 17.8. The van der Waals surface area contributed by atoms with Crippen molar-refractivity contribution in [1.82, 2.24) is 0 Å². The van der Waals surface area contributed by atoms with Crippen LogP contribution in [0.4, 0.5) is 0 Å². The Labute approximate surface area is 175 Å². The first kappa shape index (κ1) is 24.1. The monoisotopic (exact) mass is 430 g/mol. The van der Waals surface area contributed by atoms with Gasteiger partial charge in [-0.2, -0.15) is 0 Å². The maximum atomic E-state index is 11.8. The highest BCUT2D eigenvalue weighted by molar-refractivity contribution is 5.68. The Hall–Kier alpha value is -2.20. The highest BCUT2D eigenvalue weighted by Gasteiger charge is 2.53. The van der Waals surface area contributed by atoms with E-state index in [9.17, 15) is 19.2 Å². The van der Waals surface area contributed by atoms with Crippen molar-refractivity contribution in [3.8, 4) is 0 Å². The molecule has 1 saturated carbocycles. The molecule has 0 amide bonds. The number of hydrogen-bond acceptors (Lipinski definition) is 10. The topological polar surface area (TPSA) is 124 Å². The van der Waals surface area contributed by atoms with Crippen LogP contribution in [0.1, 0.15) is 59.8 Å². The molecule has 30 heavy (non-hydrogen) atoms. The lowest BCUT2D eigenvalue weighted by Crippen LogP contribution is -2.63. The van der Waals surface area contributed by atoms with E-state index >= 15 is 0 Å². The van der Waals surface area contributed by atoms with E-state index in [1.807, 2.05) is 0 Å². The number of carbonyl (C=O) groups is 4. The minimum Gasteiger partial charge on any atom is -0.463 e. The van der Waals surface area contributed by atoms with Gasteiger partial charge in [0.1, 0.15) is 12.7 Å². The van der Waals surface area contributed by atoms with Gasteiger partial charge in [-0.15, -0.1) is 0 Å². The van der Waals surface area contributed by atoms with E-state index in [-0.39, 0.29) is 12.7 Å². The zero-order chi connectivity index (χ0) is 22.3. The van der Waals surface area contributed by atoms with Crippen LogP contribution in [0.25, 0.3) is 0 Å². The fourth-order valence-corrected chi connectivity index (χ4v) is 3.69. The van der Waals surface area contributed by atoms with Gasteiger partial charge < -0.3 is 28.4 Å². The fourth-order valence-electron chi connectivity index (χ4n) is 3.69. The molecule has 1 heterocycles. The van der Waals surface area contributed by atoms with Crippen LogP contribution in [0.15, 0.2) is 0 Å². The van der Waals surface area contributed by atoms with Crippen molar-refractivity contribution < 1.29 is 47.6 Å². The molecule has 0 aromatic carbocycles. The molecule has 0 N–H and O–H groups in total. The first-order valence-electron chi connectivity index (χ1n) is 10.1. The standard InChI is InChI=1S/C20H30O10/c1-11(21)25-10-16-17(26-12(2)22)18(27-13(3)23)19(28-14(4)24)20(30-16)29-15-8-6-5-7-9-15/h15-20H,5-10H2,1-4H3/t16-,17+,18+,19-,20-/m1/s1. The molecule has 0 spiro atoms. The number of esters is 4. The molecule has 1 aliphatic heterocycles. The van der Waals surface area contributed by atoms with E-state index in [0.29, 0.717) is 0 Å². The van der Waals surface area contributed by atoms with Gasteiger partial charge in [-0.25, -0.2) is 0 Å². The Morgan fingerprint density at radius 2 is 1.27 bits per heavy atom. The molecule has 2 fully saturated rings. The average Bonchev–Trinajstić information content (AvgIpc) is 2.64. The van der Waals surface area contributed by atoms with Crippen molar-refractivity contribution in [3.05, 3.63) is 0 Å². The molecule has 5 atom stereocenters. The second kappa shape index (κ2) is 11.3.